The standard InChI is InChI=1S/C19H19N3OS2/c1-14-6-5-9-16(12-14)13-24-19-22-21-18(25-19)20-17(23)11-10-15-7-3-2-4-8-15/h2-9,12H,10-11,13H2,1H3,(H,20,21,23). The first-order valence-corrected chi connectivity index (χ1v) is 9.85. The van der Waals surface area contributed by atoms with Gasteiger partial charge in [0.15, 0.2) is 4.34 Å². The topological polar surface area (TPSA) is 54.9 Å². The van der Waals surface area contributed by atoms with Crippen molar-refractivity contribution < 1.29 is 4.79 Å². The van der Waals surface area contributed by atoms with E-state index in [1.54, 1.807) is 11.8 Å². The van der Waals surface area contributed by atoms with Crippen LogP contribution < -0.4 is 5.32 Å². The fraction of sp³-hybridized carbons (Fsp3) is 0.211. The minimum atomic E-state index is -0.0322. The Morgan fingerprint density at radius 3 is 2.68 bits per heavy atom. The van der Waals surface area contributed by atoms with E-state index in [1.807, 2.05) is 30.3 Å². The van der Waals surface area contributed by atoms with E-state index in [0.29, 0.717) is 11.6 Å². The zero-order chi connectivity index (χ0) is 17.5. The minimum absolute atomic E-state index is 0.0322. The SMILES string of the molecule is Cc1cccc(CSc2nnc(NC(=O)CCc3ccccc3)s2)c1. The third-order valence-corrected chi connectivity index (χ3v) is 5.62. The van der Waals surface area contributed by atoms with Crippen molar-refractivity contribution in [2.45, 2.75) is 29.9 Å². The van der Waals surface area contributed by atoms with Crippen LogP contribution in [0.1, 0.15) is 23.1 Å². The zero-order valence-electron chi connectivity index (χ0n) is 13.9. The van der Waals surface area contributed by atoms with Gasteiger partial charge in [0, 0.05) is 12.2 Å². The Balaban J connectivity index is 1.47. The molecule has 1 heterocycles. The number of thioether (sulfide) groups is 1. The van der Waals surface area contributed by atoms with E-state index in [1.165, 1.54) is 22.5 Å². The monoisotopic (exact) mass is 369 g/mol. The number of carbonyl (C=O) groups is 1. The fourth-order valence-corrected chi connectivity index (χ4v) is 4.06. The first-order valence-electron chi connectivity index (χ1n) is 8.05. The molecule has 1 N–H and O–H groups in total. The van der Waals surface area contributed by atoms with E-state index in [9.17, 15) is 4.79 Å². The molecule has 0 spiro atoms. The molecule has 1 amide bonds. The van der Waals surface area contributed by atoms with Gasteiger partial charge >= 0.3 is 0 Å². The number of rotatable bonds is 7. The molecule has 4 nitrogen and oxygen atoms in total. The second-order valence-corrected chi connectivity index (χ2v) is 7.88. The summed E-state index contributed by atoms with van der Waals surface area (Å²) in [4.78, 5) is 12.0. The van der Waals surface area contributed by atoms with Crippen molar-refractivity contribution in [3.05, 3.63) is 71.3 Å². The number of benzene rings is 2. The van der Waals surface area contributed by atoms with Crippen LogP contribution in [-0.2, 0) is 17.0 Å². The molecule has 0 aliphatic carbocycles. The third-order valence-electron chi connectivity index (χ3n) is 3.58. The highest BCUT2D eigenvalue weighted by Gasteiger charge is 2.09. The summed E-state index contributed by atoms with van der Waals surface area (Å²) >= 11 is 3.05. The molecule has 0 aliphatic heterocycles. The lowest BCUT2D eigenvalue weighted by atomic mass is 10.1. The Kier molecular flexibility index (Phi) is 6.19. The van der Waals surface area contributed by atoms with Gasteiger partial charge in [0.05, 0.1) is 0 Å². The number of nitrogens with zero attached hydrogens (tertiary/aromatic N) is 2. The highest BCUT2D eigenvalue weighted by Crippen LogP contribution is 2.28. The van der Waals surface area contributed by atoms with Crippen LogP contribution in [0.3, 0.4) is 0 Å². The second-order valence-electron chi connectivity index (χ2n) is 5.68. The summed E-state index contributed by atoms with van der Waals surface area (Å²) in [6.07, 6.45) is 1.16. The van der Waals surface area contributed by atoms with Crippen LogP contribution in [0.15, 0.2) is 58.9 Å². The fourth-order valence-electron chi connectivity index (χ4n) is 2.35. The van der Waals surface area contributed by atoms with E-state index in [2.05, 4.69) is 46.7 Å². The van der Waals surface area contributed by atoms with Crippen molar-refractivity contribution in [1.82, 2.24) is 10.2 Å². The zero-order valence-corrected chi connectivity index (χ0v) is 15.6. The van der Waals surface area contributed by atoms with E-state index in [0.717, 1.165) is 22.1 Å². The summed E-state index contributed by atoms with van der Waals surface area (Å²) in [5.41, 5.74) is 3.67. The lowest BCUT2D eigenvalue weighted by molar-refractivity contribution is -0.116. The Bertz CT molecular complexity index is 833. The normalized spacial score (nSPS) is 10.6. The van der Waals surface area contributed by atoms with Gasteiger partial charge < -0.3 is 5.32 Å². The summed E-state index contributed by atoms with van der Waals surface area (Å²) in [5, 5.41) is 11.6. The van der Waals surface area contributed by atoms with Gasteiger partial charge in [-0.2, -0.15) is 0 Å². The molecule has 3 aromatic rings. The number of carbonyl (C=O) groups excluding carboxylic acids is 1. The van der Waals surface area contributed by atoms with Crippen LogP contribution in [0.25, 0.3) is 0 Å². The molecule has 0 saturated heterocycles. The molecule has 0 atom stereocenters. The molecule has 0 unspecified atom stereocenters. The molecule has 25 heavy (non-hydrogen) atoms. The number of hydrogen-bond donors (Lipinski definition) is 1. The quantitative estimate of drug-likeness (QED) is 0.484. The molecule has 128 valence electrons. The van der Waals surface area contributed by atoms with Crippen LogP contribution in [0.2, 0.25) is 0 Å². The molecule has 6 heteroatoms. The average Bonchev–Trinajstić information content (AvgIpc) is 3.06. The largest absolute Gasteiger partial charge is 0.300 e. The minimum Gasteiger partial charge on any atom is -0.300 e. The van der Waals surface area contributed by atoms with Crippen molar-refractivity contribution in [3.8, 4) is 0 Å². The number of aryl methyl sites for hydroxylation is 2. The molecule has 3 rings (SSSR count). The maximum Gasteiger partial charge on any atom is 0.226 e. The van der Waals surface area contributed by atoms with E-state index < -0.39 is 0 Å². The van der Waals surface area contributed by atoms with Crippen LogP contribution in [-0.4, -0.2) is 16.1 Å². The maximum atomic E-state index is 12.0. The molecule has 0 saturated carbocycles. The Morgan fingerprint density at radius 2 is 1.88 bits per heavy atom. The molecular weight excluding hydrogens is 350 g/mol. The van der Waals surface area contributed by atoms with E-state index in [4.69, 9.17) is 0 Å². The highest BCUT2D eigenvalue weighted by atomic mass is 32.2. The average molecular weight is 370 g/mol. The molecule has 0 aliphatic rings. The van der Waals surface area contributed by atoms with Gasteiger partial charge in [0.2, 0.25) is 11.0 Å². The molecule has 2 aromatic carbocycles. The first-order chi connectivity index (χ1) is 12.2. The van der Waals surface area contributed by atoms with Crippen molar-refractivity contribution in [1.29, 1.82) is 0 Å². The third kappa shape index (κ3) is 5.69. The maximum absolute atomic E-state index is 12.0. The van der Waals surface area contributed by atoms with E-state index in [-0.39, 0.29) is 5.91 Å². The van der Waals surface area contributed by atoms with Gasteiger partial charge in [0.25, 0.3) is 0 Å². The Morgan fingerprint density at radius 1 is 1.08 bits per heavy atom. The summed E-state index contributed by atoms with van der Waals surface area (Å²) < 4.78 is 0.861. The molecule has 0 bridgehead atoms. The van der Waals surface area contributed by atoms with Crippen molar-refractivity contribution in [2.24, 2.45) is 0 Å². The van der Waals surface area contributed by atoms with Crippen molar-refractivity contribution in [3.63, 3.8) is 0 Å². The van der Waals surface area contributed by atoms with Crippen LogP contribution in [0, 0.1) is 6.92 Å². The predicted octanol–water partition coefficient (Wildman–Crippen LogP) is 4.71. The smallest absolute Gasteiger partial charge is 0.226 e. The van der Waals surface area contributed by atoms with Crippen molar-refractivity contribution >= 4 is 34.1 Å². The van der Waals surface area contributed by atoms with Gasteiger partial charge in [-0.25, -0.2) is 0 Å². The number of hydrogen-bond acceptors (Lipinski definition) is 5. The van der Waals surface area contributed by atoms with E-state index >= 15 is 0 Å². The number of nitrogens with one attached hydrogen (secondary N) is 1. The summed E-state index contributed by atoms with van der Waals surface area (Å²) in [6.45, 7) is 2.09. The highest BCUT2D eigenvalue weighted by molar-refractivity contribution is 8.00. The van der Waals surface area contributed by atoms with Crippen LogP contribution >= 0.6 is 23.1 Å². The number of aromatic nitrogens is 2. The number of amides is 1. The molecular formula is C19H19N3OS2. The Hall–Kier alpha value is -2.18. The lowest BCUT2D eigenvalue weighted by Gasteiger charge is -2.01. The van der Waals surface area contributed by atoms with Crippen LogP contribution in [0.4, 0.5) is 5.13 Å². The van der Waals surface area contributed by atoms with Gasteiger partial charge in [-0.1, -0.05) is 83.3 Å². The molecule has 1 aromatic heterocycles. The number of anilines is 1. The lowest BCUT2D eigenvalue weighted by Crippen LogP contribution is -2.12. The summed E-state index contributed by atoms with van der Waals surface area (Å²) in [5.74, 6) is 0.813. The van der Waals surface area contributed by atoms with Gasteiger partial charge in [-0.3, -0.25) is 4.79 Å². The first kappa shape index (κ1) is 17.6. The van der Waals surface area contributed by atoms with Gasteiger partial charge in [0.1, 0.15) is 0 Å². The Labute approximate surface area is 155 Å². The second kappa shape index (κ2) is 8.78. The molecule has 0 radical (unpaired) electrons. The van der Waals surface area contributed by atoms with Gasteiger partial charge in [-0.15, -0.1) is 10.2 Å². The van der Waals surface area contributed by atoms with Gasteiger partial charge in [-0.05, 0) is 24.5 Å². The molecule has 0 fully saturated rings. The summed E-state index contributed by atoms with van der Waals surface area (Å²) in [6, 6.07) is 18.4. The summed E-state index contributed by atoms with van der Waals surface area (Å²) in [7, 11) is 0. The van der Waals surface area contributed by atoms with Crippen molar-refractivity contribution in [2.75, 3.05) is 5.32 Å². The predicted molar refractivity (Wildman–Crippen MR) is 104 cm³/mol. The van der Waals surface area contributed by atoms with Crippen LogP contribution in [0.5, 0.6) is 0 Å².